The zero-order chi connectivity index (χ0) is 7.97. The van der Waals surface area contributed by atoms with Crippen LogP contribution in [0, 0.1) is 0 Å². The van der Waals surface area contributed by atoms with Crippen LogP contribution in [0.4, 0.5) is 0 Å². The lowest BCUT2D eigenvalue weighted by molar-refractivity contribution is 0.598. The number of aromatic nitrogens is 2. The molecule has 0 saturated carbocycles. The van der Waals surface area contributed by atoms with E-state index in [0.29, 0.717) is 0 Å². The smallest absolute Gasteiger partial charge is 0.182 e. The summed E-state index contributed by atoms with van der Waals surface area (Å²) in [5.41, 5.74) is 2.97. The van der Waals surface area contributed by atoms with Gasteiger partial charge in [0.1, 0.15) is 11.0 Å². The molecule has 0 aliphatic heterocycles. The second kappa shape index (κ2) is 1.85. The fraction of sp³-hybridized carbons (Fsp3) is 0. The lowest BCUT2D eigenvalue weighted by Gasteiger charge is -1.85. The minimum atomic E-state index is 0.733. The van der Waals surface area contributed by atoms with Crippen LogP contribution in [0.1, 0.15) is 0 Å². The molecule has 0 aliphatic rings. The highest BCUT2D eigenvalue weighted by atomic mass is 16.3. The van der Waals surface area contributed by atoms with Crippen molar-refractivity contribution >= 4 is 22.2 Å². The number of hydrogen-bond donors (Lipinski definition) is 0. The van der Waals surface area contributed by atoms with Crippen LogP contribution in [0.3, 0.4) is 0 Å². The van der Waals surface area contributed by atoms with Crippen LogP contribution >= 0.6 is 0 Å². The SMILES string of the molecule is c1nc2c(ccc3ocnc32)o1. The van der Waals surface area contributed by atoms with E-state index < -0.39 is 0 Å². The quantitative estimate of drug-likeness (QED) is 0.504. The summed E-state index contributed by atoms with van der Waals surface area (Å²) in [6.07, 6.45) is 2.80. The van der Waals surface area contributed by atoms with Gasteiger partial charge in [-0.05, 0) is 12.1 Å². The molecule has 0 bridgehead atoms. The number of oxazole rings is 2. The molecule has 1 aromatic carbocycles. The Morgan fingerprint density at radius 2 is 1.33 bits per heavy atom. The zero-order valence-electron chi connectivity index (χ0n) is 6.02. The first-order chi connectivity index (χ1) is 5.95. The summed E-state index contributed by atoms with van der Waals surface area (Å²) < 4.78 is 10.2. The van der Waals surface area contributed by atoms with Gasteiger partial charge in [-0.1, -0.05) is 0 Å². The summed E-state index contributed by atoms with van der Waals surface area (Å²) in [5, 5.41) is 0. The Balaban J connectivity index is 2.71. The van der Waals surface area contributed by atoms with Crippen molar-refractivity contribution in [3.63, 3.8) is 0 Å². The van der Waals surface area contributed by atoms with Crippen molar-refractivity contribution in [2.75, 3.05) is 0 Å². The third kappa shape index (κ3) is 0.567. The maximum atomic E-state index is 5.10. The minimum absolute atomic E-state index is 0.733. The molecule has 0 unspecified atom stereocenters. The minimum Gasteiger partial charge on any atom is -0.443 e. The van der Waals surface area contributed by atoms with Crippen molar-refractivity contribution in [2.45, 2.75) is 0 Å². The van der Waals surface area contributed by atoms with Gasteiger partial charge in [0, 0.05) is 0 Å². The lowest BCUT2D eigenvalue weighted by atomic mass is 10.3. The van der Waals surface area contributed by atoms with Gasteiger partial charge in [-0.25, -0.2) is 9.97 Å². The van der Waals surface area contributed by atoms with Gasteiger partial charge in [0.2, 0.25) is 0 Å². The second-order valence-electron chi connectivity index (χ2n) is 2.46. The van der Waals surface area contributed by atoms with Gasteiger partial charge in [-0.2, -0.15) is 0 Å². The largest absolute Gasteiger partial charge is 0.443 e. The maximum Gasteiger partial charge on any atom is 0.182 e. The summed E-state index contributed by atoms with van der Waals surface area (Å²) in [6, 6.07) is 3.63. The highest BCUT2D eigenvalue weighted by Crippen LogP contribution is 2.22. The van der Waals surface area contributed by atoms with Gasteiger partial charge in [-0.3, -0.25) is 0 Å². The molecule has 0 spiro atoms. The third-order valence-electron chi connectivity index (χ3n) is 1.80. The van der Waals surface area contributed by atoms with E-state index in [2.05, 4.69) is 9.97 Å². The Morgan fingerprint density at radius 1 is 0.833 bits per heavy atom. The Hall–Kier alpha value is -1.84. The molecule has 0 aliphatic carbocycles. The van der Waals surface area contributed by atoms with Crippen molar-refractivity contribution < 1.29 is 8.83 Å². The van der Waals surface area contributed by atoms with Crippen LogP contribution in [0.5, 0.6) is 0 Å². The number of nitrogens with zero attached hydrogens (tertiary/aromatic N) is 2. The van der Waals surface area contributed by atoms with Crippen molar-refractivity contribution in [1.82, 2.24) is 9.97 Å². The zero-order valence-corrected chi connectivity index (χ0v) is 6.02. The molecule has 0 radical (unpaired) electrons. The summed E-state index contributed by atoms with van der Waals surface area (Å²) in [5.74, 6) is 0. The first kappa shape index (κ1) is 5.77. The number of benzene rings is 1. The lowest BCUT2D eigenvalue weighted by Crippen LogP contribution is -1.70. The first-order valence-corrected chi connectivity index (χ1v) is 3.50. The van der Waals surface area contributed by atoms with E-state index in [1.165, 1.54) is 12.8 Å². The Labute approximate surface area is 66.8 Å². The molecule has 3 aromatic rings. The van der Waals surface area contributed by atoms with Crippen molar-refractivity contribution in [3.05, 3.63) is 24.9 Å². The van der Waals surface area contributed by atoms with E-state index in [9.17, 15) is 0 Å². The average Bonchev–Trinajstić information content (AvgIpc) is 2.71. The molecule has 0 amide bonds. The van der Waals surface area contributed by atoms with Gasteiger partial charge in [0.25, 0.3) is 0 Å². The average molecular weight is 160 g/mol. The number of rotatable bonds is 0. The highest BCUT2D eigenvalue weighted by molar-refractivity contribution is 5.97. The van der Waals surface area contributed by atoms with Crippen LogP contribution in [-0.2, 0) is 0 Å². The Morgan fingerprint density at radius 3 is 1.83 bits per heavy atom. The van der Waals surface area contributed by atoms with Crippen molar-refractivity contribution in [1.29, 1.82) is 0 Å². The molecular formula is C8H4N2O2. The fourth-order valence-corrected chi connectivity index (χ4v) is 1.25. The van der Waals surface area contributed by atoms with Gasteiger partial charge >= 0.3 is 0 Å². The van der Waals surface area contributed by atoms with Gasteiger partial charge in [0.15, 0.2) is 24.0 Å². The predicted molar refractivity (Wildman–Crippen MR) is 41.6 cm³/mol. The molecular weight excluding hydrogens is 156 g/mol. The van der Waals surface area contributed by atoms with Gasteiger partial charge in [-0.15, -0.1) is 0 Å². The molecule has 3 rings (SSSR count). The van der Waals surface area contributed by atoms with Crippen LogP contribution in [-0.4, -0.2) is 9.97 Å². The topological polar surface area (TPSA) is 52.1 Å². The monoisotopic (exact) mass is 160 g/mol. The van der Waals surface area contributed by atoms with E-state index in [1.807, 2.05) is 12.1 Å². The first-order valence-electron chi connectivity index (χ1n) is 3.50. The van der Waals surface area contributed by atoms with Crippen LogP contribution in [0.15, 0.2) is 33.8 Å². The molecule has 12 heavy (non-hydrogen) atoms. The van der Waals surface area contributed by atoms with Crippen LogP contribution in [0.25, 0.3) is 22.2 Å². The van der Waals surface area contributed by atoms with Crippen molar-refractivity contribution in [3.8, 4) is 0 Å². The second-order valence-corrected chi connectivity index (χ2v) is 2.46. The molecule has 4 nitrogen and oxygen atoms in total. The van der Waals surface area contributed by atoms with Gasteiger partial charge < -0.3 is 8.83 Å². The van der Waals surface area contributed by atoms with E-state index in [4.69, 9.17) is 8.83 Å². The highest BCUT2D eigenvalue weighted by Gasteiger charge is 2.06. The summed E-state index contributed by atoms with van der Waals surface area (Å²) >= 11 is 0. The van der Waals surface area contributed by atoms with Crippen LogP contribution < -0.4 is 0 Å². The number of hydrogen-bond acceptors (Lipinski definition) is 4. The Kier molecular flexibility index (Phi) is 0.889. The van der Waals surface area contributed by atoms with Gasteiger partial charge in [0.05, 0.1) is 0 Å². The summed E-state index contributed by atoms with van der Waals surface area (Å²) in [7, 11) is 0. The molecule has 0 N–H and O–H groups in total. The molecule has 58 valence electrons. The van der Waals surface area contributed by atoms with E-state index >= 15 is 0 Å². The van der Waals surface area contributed by atoms with E-state index in [0.717, 1.165) is 22.2 Å². The molecule has 0 fully saturated rings. The normalized spacial score (nSPS) is 11.3. The molecule has 0 atom stereocenters. The Bertz CT molecular complexity index is 488. The standard InChI is InChI=1S/C8H4N2O2/c1-2-6-8(10-4-12-6)7-5(1)11-3-9-7/h1-4H. The van der Waals surface area contributed by atoms with Crippen LogP contribution in [0.2, 0.25) is 0 Å². The van der Waals surface area contributed by atoms with Crippen molar-refractivity contribution in [2.24, 2.45) is 0 Å². The third-order valence-corrected chi connectivity index (χ3v) is 1.80. The van der Waals surface area contributed by atoms with E-state index in [-0.39, 0.29) is 0 Å². The molecule has 0 saturated heterocycles. The maximum absolute atomic E-state index is 5.10. The molecule has 4 heteroatoms. The summed E-state index contributed by atoms with van der Waals surface area (Å²) in [6.45, 7) is 0. The molecule has 2 heterocycles. The van der Waals surface area contributed by atoms with E-state index in [1.54, 1.807) is 0 Å². The fourth-order valence-electron chi connectivity index (χ4n) is 1.25. The number of fused-ring (bicyclic) bond motifs is 3. The predicted octanol–water partition coefficient (Wildman–Crippen LogP) is 1.97. The molecule has 2 aromatic heterocycles. The summed E-state index contributed by atoms with van der Waals surface area (Å²) in [4.78, 5) is 8.06.